The van der Waals surface area contributed by atoms with Crippen LogP contribution in [0.4, 0.5) is 0 Å². The van der Waals surface area contributed by atoms with Gasteiger partial charge in [0.25, 0.3) is 10.1 Å². The molecule has 0 saturated heterocycles. The summed E-state index contributed by atoms with van der Waals surface area (Å²) < 4.78 is 28.0. The topological polar surface area (TPSA) is 43.4 Å². The van der Waals surface area contributed by atoms with Crippen molar-refractivity contribution in [3.8, 4) is 0 Å². The molecule has 1 radical (unpaired) electrons. The van der Waals surface area contributed by atoms with Gasteiger partial charge in [-0.1, -0.05) is 38.0 Å². The van der Waals surface area contributed by atoms with Crippen LogP contribution < -0.4 is 0 Å². The van der Waals surface area contributed by atoms with Crippen LogP contribution >= 0.6 is 0 Å². The third-order valence-electron chi connectivity index (χ3n) is 2.02. The van der Waals surface area contributed by atoms with Gasteiger partial charge in [0.05, 0.1) is 11.5 Å². The molecule has 0 fully saturated rings. The number of benzene rings is 1. The second-order valence-electron chi connectivity index (χ2n) is 3.30. The van der Waals surface area contributed by atoms with Gasteiger partial charge < -0.3 is 0 Å². The number of hydrogen-bond acceptors (Lipinski definition) is 3. The molecule has 0 amide bonds. The summed E-state index contributed by atoms with van der Waals surface area (Å²) in [4.78, 5) is 0.224. The number of rotatable bonds is 6. The number of hydrogen-bond donors (Lipinski definition) is 0. The average molecular weight is 235 g/mol. The van der Waals surface area contributed by atoms with Crippen molar-refractivity contribution in [1.29, 1.82) is 0 Å². The fraction of sp³-hybridized carbons (Fsp3) is 0.455. The van der Waals surface area contributed by atoms with Crippen molar-refractivity contribution in [1.82, 2.24) is 0 Å². The Morgan fingerprint density at radius 2 is 1.75 bits per heavy atom. The van der Waals surface area contributed by atoms with Crippen LogP contribution in [0.15, 0.2) is 35.2 Å². The Kier molecular flexibility index (Phi) is 7.78. The van der Waals surface area contributed by atoms with Crippen LogP contribution in [-0.2, 0) is 14.3 Å². The standard InChI is InChI=1S/C11H16O3S.Li/c1-2-3-7-10-14-15(12,13)11-8-5-4-6-9-11;/h4-6,8-9H,2-3,7,10H2,1H3;. The van der Waals surface area contributed by atoms with E-state index in [1.54, 1.807) is 18.2 Å². The number of unbranched alkanes of at least 4 members (excludes halogenated alkanes) is 2. The van der Waals surface area contributed by atoms with Crippen LogP contribution in [0, 0.1) is 0 Å². The van der Waals surface area contributed by atoms with Crippen LogP contribution in [0.5, 0.6) is 0 Å². The third kappa shape index (κ3) is 5.18. The molecule has 0 N–H and O–H groups in total. The molecule has 0 unspecified atom stereocenters. The second kappa shape index (κ2) is 7.91. The van der Waals surface area contributed by atoms with Gasteiger partial charge >= 0.3 is 0 Å². The summed E-state index contributed by atoms with van der Waals surface area (Å²) in [7, 11) is -3.54. The summed E-state index contributed by atoms with van der Waals surface area (Å²) in [6, 6.07) is 8.21. The molecule has 85 valence electrons. The zero-order valence-electron chi connectivity index (χ0n) is 9.85. The Hall–Kier alpha value is -0.273. The van der Waals surface area contributed by atoms with Gasteiger partial charge in [-0.15, -0.1) is 0 Å². The summed E-state index contributed by atoms with van der Waals surface area (Å²) >= 11 is 0. The van der Waals surface area contributed by atoms with Crippen LogP contribution in [-0.4, -0.2) is 33.9 Å². The molecule has 1 aromatic carbocycles. The Balaban J connectivity index is 0.00000225. The Morgan fingerprint density at radius 3 is 2.31 bits per heavy atom. The van der Waals surface area contributed by atoms with Gasteiger partial charge in [-0.25, -0.2) is 0 Å². The smallest absolute Gasteiger partial charge is 0.266 e. The van der Waals surface area contributed by atoms with Crippen molar-refractivity contribution >= 4 is 29.0 Å². The fourth-order valence-corrected chi connectivity index (χ4v) is 2.14. The second-order valence-corrected chi connectivity index (χ2v) is 4.91. The van der Waals surface area contributed by atoms with E-state index >= 15 is 0 Å². The van der Waals surface area contributed by atoms with Crippen molar-refractivity contribution in [2.45, 2.75) is 31.1 Å². The van der Waals surface area contributed by atoms with E-state index in [1.165, 1.54) is 12.1 Å². The molecular formula is C11H16LiO3S. The maximum absolute atomic E-state index is 11.6. The Labute approximate surface area is 110 Å². The molecule has 0 aliphatic rings. The van der Waals surface area contributed by atoms with Crippen molar-refractivity contribution < 1.29 is 12.6 Å². The van der Waals surface area contributed by atoms with Crippen molar-refractivity contribution in [3.05, 3.63) is 30.3 Å². The van der Waals surface area contributed by atoms with E-state index in [-0.39, 0.29) is 30.4 Å². The maximum Gasteiger partial charge on any atom is 0.296 e. The summed E-state index contributed by atoms with van der Waals surface area (Å²) in [6.07, 6.45) is 2.82. The predicted molar refractivity (Wildman–Crippen MR) is 64.9 cm³/mol. The van der Waals surface area contributed by atoms with Gasteiger partial charge in [-0.05, 0) is 18.6 Å². The molecule has 1 aromatic rings. The molecule has 0 spiro atoms. The van der Waals surface area contributed by atoms with E-state index in [0.717, 1.165) is 19.3 Å². The molecule has 1 rings (SSSR count). The van der Waals surface area contributed by atoms with Crippen molar-refractivity contribution in [2.24, 2.45) is 0 Å². The minimum atomic E-state index is -3.54. The first-order chi connectivity index (χ1) is 7.17. The van der Waals surface area contributed by atoms with Gasteiger partial charge in [-0.3, -0.25) is 4.18 Å². The molecule has 3 nitrogen and oxygen atoms in total. The molecular weight excluding hydrogens is 219 g/mol. The first kappa shape index (κ1) is 15.7. The minimum Gasteiger partial charge on any atom is -0.266 e. The van der Waals surface area contributed by atoms with Crippen molar-refractivity contribution in [2.75, 3.05) is 6.61 Å². The Bertz CT molecular complexity index is 375. The zero-order valence-corrected chi connectivity index (χ0v) is 10.7. The average Bonchev–Trinajstić information content (AvgIpc) is 2.26. The maximum atomic E-state index is 11.6. The molecule has 16 heavy (non-hydrogen) atoms. The van der Waals surface area contributed by atoms with Gasteiger partial charge in [-0.2, -0.15) is 8.42 Å². The molecule has 0 aliphatic carbocycles. The van der Waals surface area contributed by atoms with E-state index < -0.39 is 10.1 Å². The first-order valence-electron chi connectivity index (χ1n) is 5.11. The van der Waals surface area contributed by atoms with E-state index in [1.807, 2.05) is 0 Å². The van der Waals surface area contributed by atoms with Gasteiger partial charge in [0.2, 0.25) is 0 Å². The SMILES string of the molecule is CCCCCOS(=O)(=O)c1ccccc1.[Li]. The molecule has 0 heterocycles. The molecule has 0 aromatic heterocycles. The quantitative estimate of drug-likeness (QED) is 0.431. The van der Waals surface area contributed by atoms with E-state index in [9.17, 15) is 8.42 Å². The predicted octanol–water partition coefficient (Wildman–Crippen LogP) is 2.20. The Morgan fingerprint density at radius 1 is 1.12 bits per heavy atom. The monoisotopic (exact) mass is 235 g/mol. The molecule has 0 bridgehead atoms. The van der Waals surface area contributed by atoms with Crippen LogP contribution in [0.1, 0.15) is 26.2 Å². The molecule has 0 atom stereocenters. The van der Waals surface area contributed by atoms with Crippen LogP contribution in [0.3, 0.4) is 0 Å². The molecule has 0 aliphatic heterocycles. The van der Waals surface area contributed by atoms with E-state index in [0.29, 0.717) is 0 Å². The van der Waals surface area contributed by atoms with Crippen LogP contribution in [0.25, 0.3) is 0 Å². The van der Waals surface area contributed by atoms with Gasteiger partial charge in [0.1, 0.15) is 0 Å². The van der Waals surface area contributed by atoms with Gasteiger partial charge in [0.15, 0.2) is 0 Å². The summed E-state index contributed by atoms with van der Waals surface area (Å²) in [5.74, 6) is 0. The van der Waals surface area contributed by atoms with Gasteiger partial charge in [0, 0.05) is 18.9 Å². The molecule has 0 saturated carbocycles. The van der Waals surface area contributed by atoms with Crippen LogP contribution in [0.2, 0.25) is 0 Å². The first-order valence-corrected chi connectivity index (χ1v) is 6.52. The normalized spacial score (nSPS) is 10.8. The molecule has 5 heteroatoms. The summed E-state index contributed by atoms with van der Waals surface area (Å²) in [6.45, 7) is 2.33. The van der Waals surface area contributed by atoms with E-state index in [2.05, 4.69) is 6.92 Å². The summed E-state index contributed by atoms with van der Waals surface area (Å²) in [5.41, 5.74) is 0. The summed E-state index contributed by atoms with van der Waals surface area (Å²) in [5, 5.41) is 0. The largest absolute Gasteiger partial charge is 0.296 e. The third-order valence-corrected chi connectivity index (χ3v) is 3.34. The van der Waals surface area contributed by atoms with E-state index in [4.69, 9.17) is 4.18 Å². The fourth-order valence-electron chi connectivity index (χ4n) is 1.18. The van der Waals surface area contributed by atoms with Crippen molar-refractivity contribution in [3.63, 3.8) is 0 Å². The minimum absolute atomic E-state index is 0. The zero-order chi connectivity index (χ0) is 11.1.